The van der Waals surface area contributed by atoms with Gasteiger partial charge in [-0.2, -0.15) is 5.26 Å². The third kappa shape index (κ3) is 1.74. The SMILES string of the molecule is N#CCN1CC2(c3ccccc3)CCN1CC2. The maximum absolute atomic E-state index is 8.88. The number of hydrazine groups is 1. The number of nitriles is 1. The van der Waals surface area contributed by atoms with Crippen LogP contribution in [-0.2, 0) is 5.41 Å². The summed E-state index contributed by atoms with van der Waals surface area (Å²) in [6, 6.07) is 13.1. The van der Waals surface area contributed by atoms with Crippen molar-refractivity contribution in [3.63, 3.8) is 0 Å². The lowest BCUT2D eigenvalue weighted by Gasteiger charge is -2.54. The topological polar surface area (TPSA) is 30.3 Å². The van der Waals surface area contributed by atoms with E-state index in [0.717, 1.165) is 19.6 Å². The molecule has 3 aliphatic heterocycles. The zero-order valence-corrected chi connectivity index (χ0v) is 9.97. The Labute approximate surface area is 102 Å². The van der Waals surface area contributed by atoms with Gasteiger partial charge in [-0.05, 0) is 18.4 Å². The van der Waals surface area contributed by atoms with Gasteiger partial charge in [-0.15, -0.1) is 0 Å². The van der Waals surface area contributed by atoms with Crippen LogP contribution in [0.2, 0.25) is 0 Å². The molecule has 0 radical (unpaired) electrons. The standard InChI is InChI=1S/C14H17N3/c15-8-11-17-12-14(6-9-16(17)10-7-14)13-4-2-1-3-5-13/h1-5H,6-7,9-12H2. The van der Waals surface area contributed by atoms with E-state index in [1.807, 2.05) is 0 Å². The molecule has 1 aromatic rings. The van der Waals surface area contributed by atoms with Crippen LogP contribution in [0.4, 0.5) is 0 Å². The van der Waals surface area contributed by atoms with E-state index < -0.39 is 0 Å². The van der Waals surface area contributed by atoms with Crippen LogP contribution in [0.25, 0.3) is 0 Å². The lowest BCUT2D eigenvalue weighted by atomic mass is 9.71. The van der Waals surface area contributed by atoms with Crippen molar-refractivity contribution in [1.82, 2.24) is 10.0 Å². The largest absolute Gasteiger partial charge is 0.241 e. The highest BCUT2D eigenvalue weighted by Gasteiger charge is 2.44. The van der Waals surface area contributed by atoms with Gasteiger partial charge in [0.15, 0.2) is 0 Å². The number of piperidine rings is 1. The molecule has 3 heteroatoms. The van der Waals surface area contributed by atoms with Gasteiger partial charge < -0.3 is 0 Å². The van der Waals surface area contributed by atoms with Crippen LogP contribution in [-0.4, -0.2) is 36.2 Å². The van der Waals surface area contributed by atoms with Crippen molar-refractivity contribution in [3.05, 3.63) is 35.9 Å². The summed E-state index contributed by atoms with van der Waals surface area (Å²) in [4.78, 5) is 0. The molecule has 88 valence electrons. The summed E-state index contributed by atoms with van der Waals surface area (Å²) in [6.07, 6.45) is 2.44. The average molecular weight is 227 g/mol. The molecule has 0 aliphatic carbocycles. The molecule has 0 spiro atoms. The summed E-state index contributed by atoms with van der Waals surface area (Å²) in [5, 5.41) is 13.4. The molecule has 1 aromatic carbocycles. The predicted octanol–water partition coefficient (Wildman–Crippen LogP) is 1.77. The van der Waals surface area contributed by atoms with Gasteiger partial charge in [0.2, 0.25) is 0 Å². The second-order valence-corrected chi connectivity index (χ2v) is 5.08. The molecule has 0 atom stereocenters. The first kappa shape index (κ1) is 10.8. The van der Waals surface area contributed by atoms with Crippen LogP contribution >= 0.6 is 0 Å². The molecule has 3 heterocycles. The van der Waals surface area contributed by atoms with Gasteiger partial charge in [0.1, 0.15) is 6.54 Å². The minimum atomic E-state index is 0.285. The van der Waals surface area contributed by atoms with E-state index in [2.05, 4.69) is 46.4 Å². The maximum atomic E-state index is 8.88. The van der Waals surface area contributed by atoms with Gasteiger partial charge >= 0.3 is 0 Å². The maximum Gasteiger partial charge on any atom is 0.101 e. The Balaban J connectivity index is 1.90. The fourth-order valence-electron chi connectivity index (χ4n) is 3.22. The molecule has 2 bridgehead atoms. The lowest BCUT2D eigenvalue weighted by Crippen LogP contribution is -2.62. The van der Waals surface area contributed by atoms with Gasteiger partial charge in [-0.1, -0.05) is 30.3 Å². The Morgan fingerprint density at radius 2 is 1.88 bits per heavy atom. The Morgan fingerprint density at radius 3 is 2.53 bits per heavy atom. The Morgan fingerprint density at radius 1 is 1.18 bits per heavy atom. The fraction of sp³-hybridized carbons (Fsp3) is 0.500. The van der Waals surface area contributed by atoms with Gasteiger partial charge in [0, 0.05) is 25.0 Å². The van der Waals surface area contributed by atoms with E-state index in [0.29, 0.717) is 6.54 Å². The van der Waals surface area contributed by atoms with Gasteiger partial charge in [-0.3, -0.25) is 0 Å². The smallest absolute Gasteiger partial charge is 0.101 e. The molecule has 0 aromatic heterocycles. The van der Waals surface area contributed by atoms with E-state index in [1.165, 1.54) is 18.4 Å². The lowest BCUT2D eigenvalue weighted by molar-refractivity contribution is -0.115. The van der Waals surface area contributed by atoms with E-state index in [9.17, 15) is 0 Å². The first-order chi connectivity index (χ1) is 8.34. The first-order valence-corrected chi connectivity index (χ1v) is 6.26. The zero-order valence-electron chi connectivity index (χ0n) is 9.97. The van der Waals surface area contributed by atoms with Crippen molar-refractivity contribution in [2.45, 2.75) is 18.3 Å². The average Bonchev–Trinajstić information content (AvgIpc) is 2.42. The van der Waals surface area contributed by atoms with Crippen LogP contribution in [0, 0.1) is 11.3 Å². The molecule has 3 fully saturated rings. The quantitative estimate of drug-likeness (QED) is 0.721. The Bertz CT molecular complexity index is 427. The van der Waals surface area contributed by atoms with E-state index in [-0.39, 0.29) is 5.41 Å². The van der Waals surface area contributed by atoms with Crippen molar-refractivity contribution in [3.8, 4) is 6.07 Å². The second kappa shape index (κ2) is 4.14. The number of benzene rings is 1. The van der Waals surface area contributed by atoms with Crippen molar-refractivity contribution < 1.29 is 0 Å². The minimum Gasteiger partial charge on any atom is -0.241 e. The molecular weight excluding hydrogens is 210 g/mol. The first-order valence-electron chi connectivity index (χ1n) is 6.26. The van der Waals surface area contributed by atoms with Crippen molar-refractivity contribution >= 4 is 0 Å². The monoisotopic (exact) mass is 227 g/mol. The molecule has 3 saturated heterocycles. The van der Waals surface area contributed by atoms with Gasteiger partial charge in [0.25, 0.3) is 0 Å². The van der Waals surface area contributed by atoms with Crippen molar-refractivity contribution in [1.29, 1.82) is 5.26 Å². The van der Waals surface area contributed by atoms with Crippen LogP contribution in [0.5, 0.6) is 0 Å². The summed E-state index contributed by atoms with van der Waals surface area (Å²) in [5.74, 6) is 0. The fourth-order valence-corrected chi connectivity index (χ4v) is 3.22. The van der Waals surface area contributed by atoms with Crippen LogP contribution in [0.3, 0.4) is 0 Å². The summed E-state index contributed by atoms with van der Waals surface area (Å²) < 4.78 is 0. The molecule has 0 unspecified atom stereocenters. The predicted molar refractivity (Wildman–Crippen MR) is 66.1 cm³/mol. The van der Waals surface area contributed by atoms with Crippen LogP contribution in [0.1, 0.15) is 18.4 Å². The van der Waals surface area contributed by atoms with Gasteiger partial charge in [0.05, 0.1) is 6.07 Å². The molecule has 4 rings (SSSR count). The highest BCUT2D eigenvalue weighted by atomic mass is 15.6. The second-order valence-electron chi connectivity index (χ2n) is 5.08. The van der Waals surface area contributed by atoms with Crippen molar-refractivity contribution in [2.24, 2.45) is 0 Å². The Hall–Kier alpha value is -1.37. The molecule has 0 N–H and O–H groups in total. The number of fused-ring (bicyclic) bond motifs is 3. The minimum absolute atomic E-state index is 0.285. The third-order valence-corrected chi connectivity index (χ3v) is 4.22. The normalized spacial score (nSPS) is 32.3. The zero-order chi connectivity index (χ0) is 11.7. The molecule has 3 aliphatic rings. The molecule has 17 heavy (non-hydrogen) atoms. The third-order valence-electron chi connectivity index (χ3n) is 4.22. The summed E-state index contributed by atoms with van der Waals surface area (Å²) >= 11 is 0. The summed E-state index contributed by atoms with van der Waals surface area (Å²) in [5.41, 5.74) is 1.73. The summed E-state index contributed by atoms with van der Waals surface area (Å²) in [6.45, 7) is 3.71. The number of nitrogens with zero attached hydrogens (tertiary/aromatic N) is 3. The van der Waals surface area contributed by atoms with Crippen LogP contribution in [0.15, 0.2) is 30.3 Å². The van der Waals surface area contributed by atoms with E-state index in [1.54, 1.807) is 0 Å². The molecule has 0 amide bonds. The van der Waals surface area contributed by atoms with Gasteiger partial charge in [-0.25, -0.2) is 10.0 Å². The number of hydrogen-bond donors (Lipinski definition) is 0. The highest BCUT2D eigenvalue weighted by molar-refractivity contribution is 5.28. The van der Waals surface area contributed by atoms with E-state index >= 15 is 0 Å². The molecule has 3 nitrogen and oxygen atoms in total. The number of hydrogen-bond acceptors (Lipinski definition) is 3. The highest BCUT2D eigenvalue weighted by Crippen LogP contribution is 2.40. The summed E-state index contributed by atoms with van der Waals surface area (Å²) in [7, 11) is 0. The van der Waals surface area contributed by atoms with Crippen molar-refractivity contribution in [2.75, 3.05) is 26.2 Å². The molecular formula is C14H17N3. The van der Waals surface area contributed by atoms with Crippen LogP contribution < -0.4 is 0 Å². The molecule has 0 saturated carbocycles. The van der Waals surface area contributed by atoms with E-state index in [4.69, 9.17) is 5.26 Å². The number of rotatable bonds is 2. The Kier molecular flexibility index (Phi) is 2.62.